The van der Waals surface area contributed by atoms with Crippen molar-refractivity contribution < 1.29 is 13.2 Å². The quantitative estimate of drug-likeness (QED) is 0.691. The first-order valence-corrected chi connectivity index (χ1v) is 10.6. The molecule has 2 aromatic carbocycles. The molecular weight excluding hydrogens is 362 g/mol. The predicted octanol–water partition coefficient (Wildman–Crippen LogP) is 3.08. The van der Waals surface area contributed by atoms with Crippen LogP contribution in [0.25, 0.3) is 0 Å². The van der Waals surface area contributed by atoms with Gasteiger partial charge in [0.1, 0.15) is 0 Å². The SMILES string of the molecule is CCNS(=O)(=O)c1ccc(C(=O)Nc2cccc(CN(CC)CC)c2)cc1. The van der Waals surface area contributed by atoms with Gasteiger partial charge >= 0.3 is 0 Å². The molecule has 0 fully saturated rings. The van der Waals surface area contributed by atoms with E-state index < -0.39 is 10.0 Å². The molecule has 27 heavy (non-hydrogen) atoms. The second-order valence-corrected chi connectivity index (χ2v) is 7.91. The van der Waals surface area contributed by atoms with Gasteiger partial charge < -0.3 is 5.32 Å². The van der Waals surface area contributed by atoms with Crippen LogP contribution in [0, 0.1) is 0 Å². The van der Waals surface area contributed by atoms with Gasteiger partial charge in [-0.25, -0.2) is 13.1 Å². The van der Waals surface area contributed by atoms with Gasteiger partial charge in [-0.15, -0.1) is 0 Å². The van der Waals surface area contributed by atoms with E-state index in [1.54, 1.807) is 6.92 Å². The molecule has 0 saturated heterocycles. The van der Waals surface area contributed by atoms with Crippen molar-refractivity contribution in [2.75, 3.05) is 25.0 Å². The van der Waals surface area contributed by atoms with Crippen LogP contribution in [-0.2, 0) is 16.6 Å². The lowest BCUT2D eigenvalue weighted by Gasteiger charge is -2.18. The standard InChI is InChI=1S/C20H27N3O3S/c1-4-21-27(25,26)19-12-10-17(11-13-19)20(24)22-18-9-7-8-16(14-18)15-23(5-2)6-3/h7-14,21H,4-6,15H2,1-3H3,(H,22,24). The molecular formula is C20H27N3O3S. The van der Waals surface area contributed by atoms with E-state index in [9.17, 15) is 13.2 Å². The number of anilines is 1. The largest absolute Gasteiger partial charge is 0.322 e. The minimum absolute atomic E-state index is 0.141. The average Bonchev–Trinajstić information content (AvgIpc) is 2.66. The van der Waals surface area contributed by atoms with Crippen LogP contribution in [0.1, 0.15) is 36.7 Å². The Hall–Kier alpha value is -2.22. The van der Waals surface area contributed by atoms with Crippen LogP contribution in [0.5, 0.6) is 0 Å². The number of sulfonamides is 1. The van der Waals surface area contributed by atoms with Gasteiger partial charge in [0.25, 0.3) is 5.91 Å². The Kier molecular flexibility index (Phi) is 7.53. The molecule has 0 radical (unpaired) electrons. The summed E-state index contributed by atoms with van der Waals surface area (Å²) in [4.78, 5) is 14.9. The zero-order chi connectivity index (χ0) is 19.9. The molecule has 1 amide bonds. The normalized spacial score (nSPS) is 11.6. The number of carbonyl (C=O) groups excluding carboxylic acids is 1. The number of benzene rings is 2. The van der Waals surface area contributed by atoms with Crippen LogP contribution in [0.15, 0.2) is 53.4 Å². The number of rotatable bonds is 9. The molecule has 7 heteroatoms. The lowest BCUT2D eigenvalue weighted by Crippen LogP contribution is -2.23. The number of nitrogens with zero attached hydrogens (tertiary/aromatic N) is 1. The monoisotopic (exact) mass is 389 g/mol. The summed E-state index contributed by atoms with van der Waals surface area (Å²) in [5, 5.41) is 2.87. The van der Waals surface area contributed by atoms with E-state index in [1.807, 2.05) is 24.3 Å². The molecule has 2 aromatic rings. The Morgan fingerprint density at radius 2 is 1.67 bits per heavy atom. The highest BCUT2D eigenvalue weighted by atomic mass is 32.2. The molecule has 0 bridgehead atoms. The average molecular weight is 390 g/mol. The third kappa shape index (κ3) is 5.89. The van der Waals surface area contributed by atoms with Crippen molar-refractivity contribution in [2.24, 2.45) is 0 Å². The number of amides is 1. The van der Waals surface area contributed by atoms with Crippen molar-refractivity contribution in [3.8, 4) is 0 Å². The van der Waals surface area contributed by atoms with Gasteiger partial charge in [-0.3, -0.25) is 9.69 Å². The molecule has 0 unspecified atom stereocenters. The van der Waals surface area contributed by atoms with E-state index in [0.29, 0.717) is 17.8 Å². The minimum Gasteiger partial charge on any atom is -0.322 e. The first-order valence-electron chi connectivity index (χ1n) is 9.12. The first kappa shape index (κ1) is 21.1. The van der Waals surface area contributed by atoms with Gasteiger partial charge in [-0.05, 0) is 55.1 Å². The summed E-state index contributed by atoms with van der Waals surface area (Å²) in [5.74, 6) is -0.276. The fourth-order valence-electron chi connectivity index (χ4n) is 2.71. The zero-order valence-electron chi connectivity index (χ0n) is 16.0. The Morgan fingerprint density at radius 3 is 2.26 bits per heavy atom. The lowest BCUT2D eigenvalue weighted by molar-refractivity contribution is 0.102. The summed E-state index contributed by atoms with van der Waals surface area (Å²) in [6.45, 7) is 9.03. The van der Waals surface area contributed by atoms with E-state index in [0.717, 1.165) is 25.2 Å². The minimum atomic E-state index is -3.52. The second-order valence-electron chi connectivity index (χ2n) is 6.14. The molecule has 0 aromatic heterocycles. The first-order chi connectivity index (χ1) is 12.9. The Morgan fingerprint density at radius 1 is 1.00 bits per heavy atom. The zero-order valence-corrected chi connectivity index (χ0v) is 16.8. The van der Waals surface area contributed by atoms with E-state index >= 15 is 0 Å². The number of hydrogen-bond donors (Lipinski definition) is 2. The number of hydrogen-bond acceptors (Lipinski definition) is 4. The van der Waals surface area contributed by atoms with Crippen molar-refractivity contribution in [3.63, 3.8) is 0 Å². The van der Waals surface area contributed by atoms with Crippen molar-refractivity contribution >= 4 is 21.6 Å². The topological polar surface area (TPSA) is 78.5 Å². The summed E-state index contributed by atoms with van der Waals surface area (Å²) in [6.07, 6.45) is 0. The Bertz CT molecular complexity index is 860. The van der Waals surface area contributed by atoms with Crippen molar-refractivity contribution in [3.05, 3.63) is 59.7 Å². The summed E-state index contributed by atoms with van der Waals surface area (Å²) in [7, 11) is -3.52. The van der Waals surface area contributed by atoms with Gasteiger partial charge in [-0.1, -0.05) is 32.9 Å². The van der Waals surface area contributed by atoms with E-state index in [-0.39, 0.29) is 10.8 Å². The fourth-order valence-corrected chi connectivity index (χ4v) is 3.76. The maximum Gasteiger partial charge on any atom is 0.255 e. The highest BCUT2D eigenvalue weighted by molar-refractivity contribution is 7.89. The molecule has 2 N–H and O–H groups in total. The highest BCUT2D eigenvalue weighted by Gasteiger charge is 2.14. The van der Waals surface area contributed by atoms with Crippen LogP contribution in [0.4, 0.5) is 5.69 Å². The maximum atomic E-state index is 12.5. The fraction of sp³-hybridized carbons (Fsp3) is 0.350. The number of carbonyl (C=O) groups is 1. The van der Waals surface area contributed by atoms with Crippen molar-refractivity contribution in [2.45, 2.75) is 32.2 Å². The maximum absolute atomic E-state index is 12.5. The molecule has 0 aliphatic heterocycles. The van der Waals surface area contributed by atoms with Gasteiger partial charge in [0.05, 0.1) is 4.90 Å². The molecule has 0 aliphatic rings. The summed E-state index contributed by atoms with van der Waals surface area (Å²) in [5.41, 5.74) is 2.25. The van der Waals surface area contributed by atoms with Crippen LogP contribution in [0.3, 0.4) is 0 Å². The van der Waals surface area contributed by atoms with Gasteiger partial charge in [-0.2, -0.15) is 0 Å². The third-order valence-corrected chi connectivity index (χ3v) is 5.81. The molecule has 0 aliphatic carbocycles. The van der Waals surface area contributed by atoms with Crippen molar-refractivity contribution in [1.82, 2.24) is 9.62 Å². The lowest BCUT2D eigenvalue weighted by atomic mass is 10.1. The Labute approximate surface area is 161 Å². The molecule has 0 heterocycles. The van der Waals surface area contributed by atoms with Gasteiger partial charge in [0.2, 0.25) is 10.0 Å². The number of nitrogens with one attached hydrogen (secondary N) is 2. The van der Waals surface area contributed by atoms with E-state index in [4.69, 9.17) is 0 Å². The third-order valence-electron chi connectivity index (χ3n) is 4.25. The van der Waals surface area contributed by atoms with Crippen LogP contribution in [-0.4, -0.2) is 38.9 Å². The van der Waals surface area contributed by atoms with E-state index in [1.165, 1.54) is 24.3 Å². The molecule has 2 rings (SSSR count). The highest BCUT2D eigenvalue weighted by Crippen LogP contribution is 2.15. The van der Waals surface area contributed by atoms with Crippen molar-refractivity contribution in [1.29, 1.82) is 0 Å². The van der Waals surface area contributed by atoms with Crippen LogP contribution in [0.2, 0.25) is 0 Å². The van der Waals surface area contributed by atoms with Gasteiger partial charge in [0, 0.05) is 24.3 Å². The van der Waals surface area contributed by atoms with Crippen LogP contribution >= 0.6 is 0 Å². The molecule has 146 valence electrons. The molecule has 0 spiro atoms. The predicted molar refractivity (Wildman–Crippen MR) is 108 cm³/mol. The summed E-state index contributed by atoms with van der Waals surface area (Å²) >= 11 is 0. The second kappa shape index (κ2) is 9.64. The van der Waals surface area contributed by atoms with Gasteiger partial charge in [0.15, 0.2) is 0 Å². The molecule has 6 nitrogen and oxygen atoms in total. The smallest absolute Gasteiger partial charge is 0.255 e. The molecule has 0 saturated carbocycles. The summed E-state index contributed by atoms with van der Waals surface area (Å²) in [6, 6.07) is 13.6. The Balaban J connectivity index is 2.09. The summed E-state index contributed by atoms with van der Waals surface area (Å²) < 4.78 is 26.4. The van der Waals surface area contributed by atoms with E-state index in [2.05, 4.69) is 28.8 Å². The van der Waals surface area contributed by atoms with Crippen LogP contribution < -0.4 is 10.0 Å². The molecule has 0 atom stereocenters.